The lowest BCUT2D eigenvalue weighted by Gasteiger charge is -2.58. The molecule has 0 aromatic heterocycles. The molecule has 5 aliphatic heterocycles. The second-order valence-electron chi connectivity index (χ2n) is 11.3. The van der Waals surface area contributed by atoms with Crippen LogP contribution >= 0.6 is 11.8 Å². The van der Waals surface area contributed by atoms with Gasteiger partial charge >= 0.3 is 11.9 Å². The molecule has 0 amide bonds. The first-order valence-corrected chi connectivity index (χ1v) is 15.0. The number of benzene rings is 2. The summed E-state index contributed by atoms with van der Waals surface area (Å²) in [7, 11) is 1.50. The number of piperazine rings is 1. The van der Waals surface area contributed by atoms with Crippen molar-refractivity contribution in [1.29, 1.82) is 5.26 Å². The Hall–Kier alpha value is -3.99. The van der Waals surface area contributed by atoms with E-state index in [2.05, 4.69) is 11.4 Å². The smallest absolute Gasteiger partial charge is 0.375 e. The number of hydrogen-bond donors (Lipinski definition) is 2. The van der Waals surface area contributed by atoms with Crippen LogP contribution in [0.3, 0.4) is 0 Å². The summed E-state index contributed by atoms with van der Waals surface area (Å²) in [5, 5.41) is 25.2. The molecule has 0 radical (unpaired) electrons. The highest BCUT2D eigenvalue weighted by Gasteiger charge is 2.59. The third-order valence-corrected chi connectivity index (χ3v) is 10.3. The van der Waals surface area contributed by atoms with Gasteiger partial charge in [-0.15, -0.1) is 11.8 Å². The minimum Gasteiger partial charge on any atom is -0.504 e. The van der Waals surface area contributed by atoms with Crippen LogP contribution in [-0.4, -0.2) is 72.1 Å². The summed E-state index contributed by atoms with van der Waals surface area (Å²) in [6.07, 6.45) is 0.464. The number of nitrogens with zero attached hydrogens (tertiary/aromatic N) is 2. The van der Waals surface area contributed by atoms with Crippen LogP contribution in [0.2, 0.25) is 0 Å². The Morgan fingerprint density at radius 3 is 2.65 bits per heavy atom. The summed E-state index contributed by atoms with van der Waals surface area (Å²) in [4.78, 5) is 40.0. The second kappa shape index (κ2) is 10.0. The highest BCUT2D eigenvalue weighted by molar-refractivity contribution is 8.00. The highest BCUT2D eigenvalue weighted by atomic mass is 32.2. The van der Waals surface area contributed by atoms with Crippen LogP contribution in [0.5, 0.6) is 28.7 Å². The van der Waals surface area contributed by atoms with E-state index < -0.39 is 47.1 Å². The molecule has 4 bridgehead atoms. The molecular formula is C30H29N3O9S. The number of thioether (sulfide) groups is 1. The van der Waals surface area contributed by atoms with E-state index >= 15 is 0 Å². The number of esters is 2. The molecule has 2 aromatic rings. The SMILES string of the molecule is COc1c(C)cc2c(c1O)C1NC(C2)[C@H](C#N)N2[C@H]1[C@@H]1SCC(=O)C(=O)OC[C@H]2c2c3c(c(C)c(OC(C)=O)c21)OCO3. The van der Waals surface area contributed by atoms with Crippen molar-refractivity contribution in [2.45, 2.75) is 62.7 Å². The number of carbonyl (C=O) groups is 3. The zero-order valence-corrected chi connectivity index (χ0v) is 24.7. The average Bonchev–Trinajstić information content (AvgIpc) is 3.46. The Morgan fingerprint density at radius 1 is 1.16 bits per heavy atom. The predicted octanol–water partition coefficient (Wildman–Crippen LogP) is 2.46. The van der Waals surface area contributed by atoms with E-state index in [1.165, 1.54) is 25.8 Å². The van der Waals surface area contributed by atoms with E-state index in [-0.39, 0.29) is 36.7 Å². The maximum Gasteiger partial charge on any atom is 0.375 e. The van der Waals surface area contributed by atoms with Crippen LogP contribution in [0, 0.1) is 25.2 Å². The molecule has 13 heteroatoms. The van der Waals surface area contributed by atoms with Gasteiger partial charge in [-0.1, -0.05) is 6.07 Å². The zero-order chi connectivity index (χ0) is 30.3. The van der Waals surface area contributed by atoms with E-state index in [0.717, 1.165) is 11.1 Å². The molecule has 5 heterocycles. The van der Waals surface area contributed by atoms with Gasteiger partial charge in [0.25, 0.3) is 0 Å². The van der Waals surface area contributed by atoms with Gasteiger partial charge in [0.15, 0.2) is 23.0 Å². The van der Waals surface area contributed by atoms with Gasteiger partial charge in [-0.25, -0.2) is 4.79 Å². The summed E-state index contributed by atoms with van der Waals surface area (Å²) >= 11 is 1.20. The van der Waals surface area contributed by atoms with Crippen molar-refractivity contribution in [2.75, 3.05) is 26.3 Å². The number of nitrogens with one attached hydrogen (secondary N) is 1. The molecule has 2 unspecified atom stereocenters. The molecule has 0 saturated carbocycles. The van der Waals surface area contributed by atoms with E-state index in [9.17, 15) is 24.8 Å². The molecule has 2 saturated heterocycles. The Labute approximate surface area is 251 Å². The van der Waals surface area contributed by atoms with Crippen LogP contribution in [0.15, 0.2) is 6.07 Å². The van der Waals surface area contributed by atoms with Gasteiger partial charge in [-0.05, 0) is 31.4 Å². The number of aryl methyl sites for hydroxylation is 1. The highest BCUT2D eigenvalue weighted by Crippen LogP contribution is 2.62. The number of carbonyl (C=O) groups excluding carboxylic acids is 3. The number of ether oxygens (including phenoxy) is 5. The first-order valence-electron chi connectivity index (χ1n) is 13.9. The minimum atomic E-state index is -0.952. The Bertz CT molecular complexity index is 1650. The number of methoxy groups -OCH3 is 1. The average molecular weight is 608 g/mol. The number of rotatable bonds is 2. The van der Waals surface area contributed by atoms with E-state index in [4.69, 9.17) is 23.7 Å². The van der Waals surface area contributed by atoms with Gasteiger partial charge in [0, 0.05) is 41.3 Å². The van der Waals surface area contributed by atoms with Crippen molar-refractivity contribution in [3.05, 3.63) is 39.4 Å². The number of fused-ring (bicyclic) bond motifs is 9. The van der Waals surface area contributed by atoms with Crippen molar-refractivity contribution in [1.82, 2.24) is 10.2 Å². The number of Topliss-reactive ketones (excluding diaryl/α,β-unsaturated/α-hetero) is 1. The van der Waals surface area contributed by atoms with Crippen molar-refractivity contribution in [3.8, 4) is 34.8 Å². The van der Waals surface area contributed by atoms with Crippen LogP contribution in [0.25, 0.3) is 0 Å². The lowest BCUT2D eigenvalue weighted by Crippen LogP contribution is -2.69. The molecule has 43 heavy (non-hydrogen) atoms. The van der Waals surface area contributed by atoms with Gasteiger partial charge in [-0.3, -0.25) is 14.5 Å². The Morgan fingerprint density at radius 2 is 1.93 bits per heavy atom. The summed E-state index contributed by atoms with van der Waals surface area (Å²) < 4.78 is 28.9. The third kappa shape index (κ3) is 3.93. The van der Waals surface area contributed by atoms with Gasteiger partial charge in [0.1, 0.15) is 18.4 Å². The van der Waals surface area contributed by atoms with Crippen LogP contribution in [0.1, 0.15) is 57.6 Å². The quantitative estimate of drug-likeness (QED) is 0.292. The molecule has 7 rings (SSSR count). The standard InChI is InChI=1S/C30H29N3O9S/c1-11-5-14-6-15-16(7-31)33-17-8-39-30(37)18(35)9-43-29(23(33)22(32-15)19(14)24(36)25(11)38-4)21-20(17)28-27(40-10-41-28)12(2)26(21)42-13(3)34/h5,15-17,22-23,29,32,36H,6,8-10H2,1-4H3/t15?,16-,17-,22?,23+,29+/m0/s1. The summed E-state index contributed by atoms with van der Waals surface area (Å²) in [5.41, 5.74) is 4.08. The number of hydrogen-bond acceptors (Lipinski definition) is 13. The van der Waals surface area contributed by atoms with E-state index in [1.54, 1.807) is 6.92 Å². The van der Waals surface area contributed by atoms with Crippen molar-refractivity contribution < 1.29 is 43.2 Å². The molecule has 0 spiro atoms. The number of nitriles is 1. The summed E-state index contributed by atoms with van der Waals surface area (Å²) in [6.45, 7) is 4.63. The van der Waals surface area contributed by atoms with Gasteiger partial charge in [0.05, 0.1) is 36.3 Å². The lowest BCUT2D eigenvalue weighted by atomic mass is 9.72. The summed E-state index contributed by atoms with van der Waals surface area (Å²) in [6, 6.07) is 1.61. The maximum absolute atomic E-state index is 12.8. The molecule has 2 N–H and O–H groups in total. The fourth-order valence-electron chi connectivity index (χ4n) is 7.50. The van der Waals surface area contributed by atoms with Crippen LogP contribution in [-0.2, 0) is 25.5 Å². The molecule has 5 aliphatic rings. The van der Waals surface area contributed by atoms with Crippen molar-refractivity contribution >= 4 is 29.5 Å². The van der Waals surface area contributed by atoms with E-state index in [1.807, 2.05) is 17.9 Å². The summed E-state index contributed by atoms with van der Waals surface area (Å²) in [5.74, 6) is -0.915. The maximum atomic E-state index is 12.8. The van der Waals surface area contributed by atoms with Crippen LogP contribution in [0.4, 0.5) is 0 Å². The molecule has 2 fully saturated rings. The molecule has 224 valence electrons. The normalized spacial score (nSPS) is 28.6. The van der Waals surface area contributed by atoms with Crippen molar-refractivity contribution in [2.24, 2.45) is 0 Å². The molecule has 6 atom stereocenters. The second-order valence-corrected chi connectivity index (χ2v) is 12.5. The first kappa shape index (κ1) is 27.8. The number of phenols is 1. The molecule has 12 nitrogen and oxygen atoms in total. The number of phenolic OH excluding ortho intramolecular Hbond substituents is 1. The van der Waals surface area contributed by atoms with Gasteiger partial charge < -0.3 is 34.1 Å². The molecule has 2 aromatic carbocycles. The monoisotopic (exact) mass is 607 g/mol. The third-order valence-electron chi connectivity index (χ3n) is 9.03. The topological polar surface area (TPSA) is 157 Å². The molecule has 0 aliphatic carbocycles. The fourth-order valence-corrected chi connectivity index (χ4v) is 8.85. The Balaban J connectivity index is 1.55. The van der Waals surface area contributed by atoms with Crippen LogP contribution < -0.4 is 24.3 Å². The van der Waals surface area contributed by atoms with E-state index in [0.29, 0.717) is 45.9 Å². The van der Waals surface area contributed by atoms with Gasteiger partial charge in [0.2, 0.25) is 12.6 Å². The fraction of sp³-hybridized carbons (Fsp3) is 0.467. The first-order chi connectivity index (χ1) is 20.7. The Kier molecular flexibility index (Phi) is 6.50. The van der Waals surface area contributed by atoms with Crippen molar-refractivity contribution in [3.63, 3.8) is 0 Å². The zero-order valence-electron chi connectivity index (χ0n) is 23.9. The predicted molar refractivity (Wildman–Crippen MR) is 150 cm³/mol. The number of aromatic hydroxyl groups is 1. The number of cyclic esters (lactones) is 1. The minimum absolute atomic E-state index is 0.00609. The van der Waals surface area contributed by atoms with Gasteiger partial charge in [-0.2, -0.15) is 5.26 Å². The number of ketones is 1. The lowest BCUT2D eigenvalue weighted by molar-refractivity contribution is -0.155. The molecular weight excluding hydrogens is 578 g/mol. The largest absolute Gasteiger partial charge is 0.504 e.